The first-order valence-electron chi connectivity index (χ1n) is 4.58. The van der Waals surface area contributed by atoms with Crippen LogP contribution in [0, 0.1) is 0 Å². The molecule has 0 atom stereocenters. The summed E-state index contributed by atoms with van der Waals surface area (Å²) in [5.74, 6) is 0.135. The van der Waals surface area contributed by atoms with Gasteiger partial charge in [0.1, 0.15) is 0 Å². The summed E-state index contributed by atoms with van der Waals surface area (Å²) in [4.78, 5) is 14.5. The normalized spacial score (nSPS) is 10.2. The van der Waals surface area contributed by atoms with Gasteiger partial charge in [0, 0.05) is 18.9 Å². The number of halogens is 1. The van der Waals surface area contributed by atoms with E-state index in [0.717, 1.165) is 28.7 Å². The third-order valence-corrected chi connectivity index (χ3v) is 3.39. The molecule has 0 saturated carbocycles. The molecule has 0 radical (unpaired) electrons. The van der Waals surface area contributed by atoms with E-state index >= 15 is 0 Å². The summed E-state index contributed by atoms with van der Waals surface area (Å²) in [7, 11) is 1.84. The number of alkyl halides is 1. The molecule has 1 heterocycles. The minimum absolute atomic E-state index is 0.135. The Hall–Kier alpha value is -0.350. The Labute approximate surface area is 97.1 Å². The SMILES string of the molecule is CCc1ccsc1C(=O)N(C)CCBr. The molecule has 0 aliphatic carbocycles. The molecule has 1 aromatic rings. The highest BCUT2D eigenvalue weighted by atomic mass is 79.9. The van der Waals surface area contributed by atoms with Gasteiger partial charge in [0.05, 0.1) is 4.88 Å². The fraction of sp³-hybridized carbons (Fsp3) is 0.500. The molecule has 1 aromatic heterocycles. The van der Waals surface area contributed by atoms with Crippen LogP contribution >= 0.6 is 27.3 Å². The lowest BCUT2D eigenvalue weighted by molar-refractivity contribution is 0.0808. The van der Waals surface area contributed by atoms with Crippen LogP contribution in [-0.4, -0.2) is 29.7 Å². The van der Waals surface area contributed by atoms with E-state index in [0.29, 0.717) is 0 Å². The largest absolute Gasteiger partial charge is 0.340 e. The number of thiophene rings is 1. The number of carbonyl (C=O) groups is 1. The van der Waals surface area contributed by atoms with Crippen molar-refractivity contribution in [1.82, 2.24) is 4.90 Å². The van der Waals surface area contributed by atoms with Crippen molar-refractivity contribution in [3.63, 3.8) is 0 Å². The van der Waals surface area contributed by atoms with E-state index in [-0.39, 0.29) is 5.91 Å². The number of amides is 1. The van der Waals surface area contributed by atoms with Gasteiger partial charge in [-0.25, -0.2) is 0 Å². The summed E-state index contributed by atoms with van der Waals surface area (Å²) in [5, 5.41) is 2.80. The lowest BCUT2D eigenvalue weighted by atomic mass is 10.2. The molecule has 0 bridgehead atoms. The van der Waals surface area contributed by atoms with Gasteiger partial charge in [-0.2, -0.15) is 0 Å². The summed E-state index contributed by atoms with van der Waals surface area (Å²) >= 11 is 4.86. The number of hydrogen-bond acceptors (Lipinski definition) is 2. The van der Waals surface area contributed by atoms with Gasteiger partial charge >= 0.3 is 0 Å². The van der Waals surface area contributed by atoms with Gasteiger partial charge in [-0.3, -0.25) is 4.79 Å². The smallest absolute Gasteiger partial charge is 0.263 e. The molecule has 0 aromatic carbocycles. The number of hydrogen-bond donors (Lipinski definition) is 0. The van der Waals surface area contributed by atoms with Crippen LogP contribution in [0.3, 0.4) is 0 Å². The highest BCUT2D eigenvalue weighted by molar-refractivity contribution is 9.09. The van der Waals surface area contributed by atoms with Crippen molar-refractivity contribution in [1.29, 1.82) is 0 Å². The number of rotatable bonds is 4. The van der Waals surface area contributed by atoms with Crippen LogP contribution in [0.5, 0.6) is 0 Å². The fourth-order valence-corrected chi connectivity index (χ4v) is 2.72. The fourth-order valence-electron chi connectivity index (χ4n) is 1.20. The summed E-state index contributed by atoms with van der Waals surface area (Å²) < 4.78 is 0. The molecule has 0 fully saturated rings. The van der Waals surface area contributed by atoms with E-state index in [9.17, 15) is 4.79 Å². The maximum absolute atomic E-state index is 11.9. The molecule has 0 N–H and O–H groups in total. The lowest BCUT2D eigenvalue weighted by Crippen LogP contribution is -2.28. The Balaban J connectivity index is 2.78. The van der Waals surface area contributed by atoms with Crippen LogP contribution in [0.25, 0.3) is 0 Å². The highest BCUT2D eigenvalue weighted by Crippen LogP contribution is 2.18. The number of carbonyl (C=O) groups excluding carboxylic acids is 1. The van der Waals surface area contributed by atoms with Gasteiger partial charge in [0.15, 0.2) is 0 Å². The van der Waals surface area contributed by atoms with E-state index in [2.05, 4.69) is 22.9 Å². The Morgan fingerprint density at radius 1 is 1.64 bits per heavy atom. The van der Waals surface area contributed by atoms with Crippen molar-refractivity contribution in [3.05, 3.63) is 21.9 Å². The molecule has 14 heavy (non-hydrogen) atoms. The minimum atomic E-state index is 0.135. The lowest BCUT2D eigenvalue weighted by Gasteiger charge is -2.15. The zero-order valence-corrected chi connectivity index (χ0v) is 10.8. The quantitative estimate of drug-likeness (QED) is 0.774. The molecule has 0 spiro atoms. The summed E-state index contributed by atoms with van der Waals surface area (Å²) in [6.07, 6.45) is 0.923. The van der Waals surface area contributed by atoms with Gasteiger partial charge in [0.25, 0.3) is 5.91 Å². The summed E-state index contributed by atoms with van der Waals surface area (Å²) in [5.41, 5.74) is 1.15. The predicted molar refractivity (Wildman–Crippen MR) is 64.5 cm³/mol. The Bertz CT molecular complexity index is 311. The molecule has 4 heteroatoms. The van der Waals surface area contributed by atoms with E-state index in [1.165, 1.54) is 11.3 Å². The van der Waals surface area contributed by atoms with Crippen molar-refractivity contribution >= 4 is 33.2 Å². The predicted octanol–water partition coefficient (Wildman–Crippen LogP) is 2.78. The molecule has 0 saturated heterocycles. The van der Waals surface area contributed by atoms with E-state index < -0.39 is 0 Å². The maximum Gasteiger partial charge on any atom is 0.263 e. The Morgan fingerprint density at radius 3 is 2.93 bits per heavy atom. The third kappa shape index (κ3) is 2.58. The number of aryl methyl sites for hydroxylation is 1. The molecular weight excluding hydrogens is 262 g/mol. The van der Waals surface area contributed by atoms with Gasteiger partial charge in [-0.05, 0) is 23.4 Å². The Morgan fingerprint density at radius 2 is 2.36 bits per heavy atom. The molecule has 1 rings (SSSR count). The molecule has 0 aliphatic rings. The molecule has 0 unspecified atom stereocenters. The van der Waals surface area contributed by atoms with E-state index in [1.807, 2.05) is 18.5 Å². The summed E-state index contributed by atoms with van der Waals surface area (Å²) in [6, 6.07) is 2.03. The zero-order valence-electron chi connectivity index (χ0n) is 8.42. The average molecular weight is 276 g/mol. The zero-order chi connectivity index (χ0) is 10.6. The van der Waals surface area contributed by atoms with Crippen LogP contribution in [-0.2, 0) is 6.42 Å². The standard InChI is InChI=1S/C10H14BrNOS/c1-3-8-4-7-14-9(8)10(13)12(2)6-5-11/h4,7H,3,5-6H2,1-2H3. The van der Waals surface area contributed by atoms with Crippen molar-refractivity contribution in [2.45, 2.75) is 13.3 Å². The maximum atomic E-state index is 11.9. The first-order chi connectivity index (χ1) is 6.70. The third-order valence-electron chi connectivity index (χ3n) is 2.09. The minimum Gasteiger partial charge on any atom is -0.340 e. The van der Waals surface area contributed by atoms with Crippen molar-refractivity contribution in [2.75, 3.05) is 18.9 Å². The molecule has 2 nitrogen and oxygen atoms in total. The van der Waals surface area contributed by atoms with Gasteiger partial charge in [-0.15, -0.1) is 11.3 Å². The van der Waals surface area contributed by atoms with Crippen LogP contribution in [0.4, 0.5) is 0 Å². The van der Waals surface area contributed by atoms with Crippen LogP contribution in [0.1, 0.15) is 22.2 Å². The van der Waals surface area contributed by atoms with Crippen LogP contribution in [0.2, 0.25) is 0 Å². The average Bonchev–Trinajstić information content (AvgIpc) is 2.64. The van der Waals surface area contributed by atoms with Crippen LogP contribution < -0.4 is 0 Å². The topological polar surface area (TPSA) is 20.3 Å². The van der Waals surface area contributed by atoms with E-state index in [4.69, 9.17) is 0 Å². The molecule has 78 valence electrons. The highest BCUT2D eigenvalue weighted by Gasteiger charge is 2.15. The monoisotopic (exact) mass is 275 g/mol. The van der Waals surface area contributed by atoms with E-state index in [1.54, 1.807) is 4.90 Å². The van der Waals surface area contributed by atoms with Gasteiger partial charge in [-0.1, -0.05) is 22.9 Å². The molecular formula is C10H14BrNOS. The number of nitrogens with zero attached hydrogens (tertiary/aromatic N) is 1. The van der Waals surface area contributed by atoms with Crippen LogP contribution in [0.15, 0.2) is 11.4 Å². The molecule has 1 amide bonds. The first-order valence-corrected chi connectivity index (χ1v) is 6.58. The van der Waals surface area contributed by atoms with Gasteiger partial charge in [0.2, 0.25) is 0 Å². The Kier molecular flexibility index (Phi) is 4.62. The second-order valence-corrected chi connectivity index (χ2v) is 4.75. The summed E-state index contributed by atoms with van der Waals surface area (Å²) in [6.45, 7) is 2.82. The molecule has 0 aliphatic heterocycles. The van der Waals surface area contributed by atoms with Crippen molar-refractivity contribution < 1.29 is 4.79 Å². The second kappa shape index (κ2) is 5.51. The van der Waals surface area contributed by atoms with Crippen molar-refractivity contribution in [2.24, 2.45) is 0 Å². The van der Waals surface area contributed by atoms with Gasteiger partial charge < -0.3 is 4.90 Å². The second-order valence-electron chi connectivity index (χ2n) is 3.04. The van der Waals surface area contributed by atoms with Crippen molar-refractivity contribution in [3.8, 4) is 0 Å². The first kappa shape index (κ1) is 11.7.